The quantitative estimate of drug-likeness (QED) is 0.262. The van der Waals surface area contributed by atoms with Crippen molar-refractivity contribution in [1.29, 1.82) is 0 Å². The molecule has 5 atom stereocenters. The molecule has 4 heterocycles. The molecule has 4 N–H and O–H groups in total. The number of carbonyl (C=O) groups excluding carboxylic acids is 2. The maximum atomic E-state index is 13.5. The number of fused-ring (bicyclic) bond motifs is 2. The lowest BCUT2D eigenvalue weighted by molar-refractivity contribution is -0.123. The maximum absolute atomic E-state index is 13.5. The van der Waals surface area contributed by atoms with E-state index in [1.165, 1.54) is 0 Å². The van der Waals surface area contributed by atoms with Crippen molar-refractivity contribution >= 4 is 33.9 Å². The van der Waals surface area contributed by atoms with Crippen LogP contribution < -0.4 is 16.2 Å². The van der Waals surface area contributed by atoms with E-state index in [2.05, 4.69) is 36.6 Å². The summed E-state index contributed by atoms with van der Waals surface area (Å²) in [6, 6.07) is 10.0. The monoisotopic (exact) mass is 615 g/mol. The molecule has 1 aromatic carbocycles. The van der Waals surface area contributed by atoms with E-state index < -0.39 is 0 Å². The number of imidazole rings is 1. The third kappa shape index (κ3) is 5.91. The topological polar surface area (TPSA) is 144 Å². The third-order valence-electron chi connectivity index (χ3n) is 9.86. The van der Waals surface area contributed by atoms with E-state index in [0.29, 0.717) is 60.9 Å². The average Bonchev–Trinajstić information content (AvgIpc) is 3.31. The van der Waals surface area contributed by atoms with Crippen LogP contribution in [-0.4, -0.2) is 75.3 Å². The number of likely N-dealkylation sites (tertiary alicyclic amines) is 1. The first-order chi connectivity index (χ1) is 21.6. The fourth-order valence-electron chi connectivity index (χ4n) is 6.82. The minimum atomic E-state index is -0.345. The Morgan fingerprint density at radius 3 is 2.67 bits per heavy atom. The van der Waals surface area contributed by atoms with Gasteiger partial charge in [0.2, 0.25) is 5.91 Å². The lowest BCUT2D eigenvalue weighted by atomic mass is 10.0. The lowest BCUT2D eigenvalue weighted by Gasteiger charge is -2.30. The number of aromatic nitrogens is 4. The molecule has 6 rings (SSSR count). The standard InChI is InChI=1S/C34H45N7O4/c1-6-24-10-9-21-13-28(41(32(21)37-24)16-25-20(3)26(25)18-45-17-19(2)31(36)42)33-38-27-12-22(14-29(44-5)30(27)39(33)4)34(43)40-11-7-8-23(35)15-40/h9-10,12-14,19-20,23,25-26H,6-8,11,15-18,35H2,1-5H3,(H2,36,42)/t19-,20?,23?,25?,26?/m0/s1. The number of nitrogens with zero attached hydrogens (tertiary/aromatic N) is 5. The summed E-state index contributed by atoms with van der Waals surface area (Å²) < 4.78 is 16.1. The fourth-order valence-corrected chi connectivity index (χ4v) is 6.82. The van der Waals surface area contributed by atoms with Crippen molar-refractivity contribution < 1.29 is 19.1 Å². The van der Waals surface area contributed by atoms with E-state index in [1.54, 1.807) is 14.0 Å². The Kier molecular flexibility index (Phi) is 8.58. The summed E-state index contributed by atoms with van der Waals surface area (Å²) in [5.74, 6) is 1.90. The zero-order chi connectivity index (χ0) is 32.0. The molecule has 0 radical (unpaired) electrons. The molecule has 2 amide bonds. The van der Waals surface area contributed by atoms with E-state index in [4.69, 9.17) is 30.9 Å². The molecule has 240 valence electrons. The molecule has 3 aromatic heterocycles. The summed E-state index contributed by atoms with van der Waals surface area (Å²) in [4.78, 5) is 37.0. The second kappa shape index (κ2) is 12.4. The van der Waals surface area contributed by atoms with Crippen LogP contribution >= 0.6 is 0 Å². The number of methoxy groups -OCH3 is 1. The van der Waals surface area contributed by atoms with Gasteiger partial charge in [0.1, 0.15) is 16.9 Å². The Bertz CT molecular complexity index is 1740. The van der Waals surface area contributed by atoms with E-state index in [0.717, 1.165) is 59.6 Å². The molecule has 1 saturated carbocycles. The number of hydrogen-bond donors (Lipinski definition) is 2. The van der Waals surface area contributed by atoms with Crippen LogP contribution in [0.3, 0.4) is 0 Å². The maximum Gasteiger partial charge on any atom is 0.254 e. The predicted molar refractivity (Wildman–Crippen MR) is 174 cm³/mol. The van der Waals surface area contributed by atoms with Gasteiger partial charge in [-0.25, -0.2) is 9.97 Å². The third-order valence-corrected chi connectivity index (χ3v) is 9.86. The molecule has 4 unspecified atom stereocenters. The van der Waals surface area contributed by atoms with Gasteiger partial charge in [-0.05, 0) is 67.3 Å². The van der Waals surface area contributed by atoms with Gasteiger partial charge in [0.15, 0.2) is 5.82 Å². The van der Waals surface area contributed by atoms with Gasteiger partial charge in [-0.2, -0.15) is 0 Å². The van der Waals surface area contributed by atoms with Gasteiger partial charge in [0.25, 0.3) is 5.91 Å². The lowest BCUT2D eigenvalue weighted by Crippen LogP contribution is -2.45. The van der Waals surface area contributed by atoms with Crippen LogP contribution in [0.5, 0.6) is 5.75 Å². The zero-order valence-electron chi connectivity index (χ0n) is 27.0. The summed E-state index contributed by atoms with van der Waals surface area (Å²) in [5.41, 5.74) is 16.6. The smallest absolute Gasteiger partial charge is 0.254 e. The Labute approximate surface area is 263 Å². The molecule has 0 spiro atoms. The summed E-state index contributed by atoms with van der Waals surface area (Å²) >= 11 is 0. The van der Waals surface area contributed by atoms with Crippen molar-refractivity contribution in [2.45, 2.75) is 52.6 Å². The number of nitrogens with two attached hydrogens (primary N) is 2. The first-order valence-electron chi connectivity index (χ1n) is 16.1. The number of benzene rings is 1. The first-order valence-corrected chi connectivity index (χ1v) is 16.1. The van der Waals surface area contributed by atoms with Gasteiger partial charge in [0, 0.05) is 49.4 Å². The zero-order valence-corrected chi connectivity index (χ0v) is 27.0. The van der Waals surface area contributed by atoms with Crippen molar-refractivity contribution in [3.63, 3.8) is 0 Å². The van der Waals surface area contributed by atoms with Crippen LogP contribution in [0.1, 0.15) is 49.7 Å². The fraction of sp³-hybridized carbons (Fsp3) is 0.529. The van der Waals surface area contributed by atoms with Crippen LogP contribution in [0.15, 0.2) is 30.3 Å². The SMILES string of the molecule is CCc1ccc2cc(-c3nc4cc(C(=O)N5CCCC(N)C5)cc(OC)c4n3C)n(CC3C(C)C3COC[C@H](C)C(N)=O)c2n1. The molecule has 4 aromatic rings. The number of ether oxygens (including phenoxy) is 2. The molecule has 1 aliphatic heterocycles. The van der Waals surface area contributed by atoms with Crippen molar-refractivity contribution in [2.75, 3.05) is 33.4 Å². The molecular formula is C34H45N7O4. The Hall–Kier alpha value is -3.96. The number of hydrogen-bond acceptors (Lipinski definition) is 7. The highest BCUT2D eigenvalue weighted by Crippen LogP contribution is 2.48. The summed E-state index contributed by atoms with van der Waals surface area (Å²) in [5, 5.41) is 1.05. The molecule has 1 saturated heterocycles. The van der Waals surface area contributed by atoms with Gasteiger partial charge in [0.05, 0.1) is 37.5 Å². The number of amides is 2. The molecule has 2 fully saturated rings. The first kappa shape index (κ1) is 31.0. The summed E-state index contributed by atoms with van der Waals surface area (Å²) in [6.45, 7) is 9.09. The average molecular weight is 616 g/mol. The van der Waals surface area contributed by atoms with E-state index in [1.807, 2.05) is 28.6 Å². The number of aryl methyl sites for hydroxylation is 2. The Morgan fingerprint density at radius 2 is 1.96 bits per heavy atom. The van der Waals surface area contributed by atoms with Gasteiger partial charge < -0.3 is 35.0 Å². The molecule has 0 bridgehead atoms. The highest BCUT2D eigenvalue weighted by molar-refractivity contribution is 6.00. The molecule has 1 aliphatic carbocycles. The van der Waals surface area contributed by atoms with Crippen molar-refractivity contribution in [2.24, 2.45) is 42.2 Å². The number of piperidine rings is 1. The number of rotatable bonds is 11. The van der Waals surface area contributed by atoms with Crippen molar-refractivity contribution in [1.82, 2.24) is 24.0 Å². The minimum absolute atomic E-state index is 0.00224. The number of primary amides is 1. The highest BCUT2D eigenvalue weighted by Gasteiger charge is 2.47. The molecule has 2 aliphatic rings. The number of carbonyl (C=O) groups is 2. The minimum Gasteiger partial charge on any atom is -0.494 e. The molecule has 11 heteroatoms. The Morgan fingerprint density at radius 1 is 1.16 bits per heavy atom. The van der Waals surface area contributed by atoms with E-state index in [-0.39, 0.29) is 23.8 Å². The second-order valence-electron chi connectivity index (χ2n) is 12.9. The van der Waals surface area contributed by atoms with Gasteiger partial charge in [-0.3, -0.25) is 9.59 Å². The van der Waals surface area contributed by atoms with Crippen LogP contribution in [0, 0.1) is 23.7 Å². The summed E-state index contributed by atoms with van der Waals surface area (Å²) in [7, 11) is 3.61. The van der Waals surface area contributed by atoms with Crippen molar-refractivity contribution in [3.05, 3.63) is 41.6 Å². The van der Waals surface area contributed by atoms with Gasteiger partial charge in [-0.1, -0.05) is 20.8 Å². The van der Waals surface area contributed by atoms with E-state index in [9.17, 15) is 9.59 Å². The second-order valence-corrected chi connectivity index (χ2v) is 12.9. The van der Waals surface area contributed by atoms with Crippen molar-refractivity contribution in [3.8, 4) is 17.3 Å². The van der Waals surface area contributed by atoms with Crippen LogP contribution in [-0.2, 0) is 29.5 Å². The van der Waals surface area contributed by atoms with Crippen LogP contribution in [0.4, 0.5) is 0 Å². The van der Waals surface area contributed by atoms with Gasteiger partial charge >= 0.3 is 0 Å². The predicted octanol–water partition coefficient (Wildman–Crippen LogP) is 3.74. The van der Waals surface area contributed by atoms with E-state index >= 15 is 0 Å². The number of pyridine rings is 1. The molecule has 45 heavy (non-hydrogen) atoms. The largest absolute Gasteiger partial charge is 0.494 e. The van der Waals surface area contributed by atoms with Crippen LogP contribution in [0.2, 0.25) is 0 Å². The Balaban J connectivity index is 1.36. The summed E-state index contributed by atoms with van der Waals surface area (Å²) in [6.07, 6.45) is 2.67. The van der Waals surface area contributed by atoms with Crippen LogP contribution in [0.25, 0.3) is 33.6 Å². The molecular weight excluding hydrogens is 570 g/mol. The van der Waals surface area contributed by atoms with Gasteiger partial charge in [-0.15, -0.1) is 0 Å². The highest BCUT2D eigenvalue weighted by atomic mass is 16.5. The normalized spacial score (nSPS) is 22.2. The molecule has 11 nitrogen and oxygen atoms in total.